The molecule has 0 bridgehead atoms. The summed E-state index contributed by atoms with van der Waals surface area (Å²) in [6.07, 6.45) is 1.58. The van der Waals surface area contributed by atoms with Gasteiger partial charge in [-0.3, -0.25) is 4.79 Å². The number of carbonyl (C=O) groups excluding carboxylic acids is 1. The van der Waals surface area contributed by atoms with E-state index in [9.17, 15) is 13.6 Å². The number of hydrogen-bond acceptors (Lipinski definition) is 6. The number of aromatic nitrogens is 1. The Hall–Kier alpha value is -2.75. The van der Waals surface area contributed by atoms with E-state index < -0.39 is 11.6 Å². The van der Waals surface area contributed by atoms with Crippen LogP contribution in [-0.2, 0) is 6.61 Å². The Bertz CT molecular complexity index is 1180. The maximum Gasteiger partial charge on any atom is 0.264 e. The molecule has 1 saturated heterocycles. The van der Waals surface area contributed by atoms with Crippen LogP contribution in [0.25, 0.3) is 10.4 Å². The second-order valence-corrected chi connectivity index (χ2v) is 9.52. The maximum atomic E-state index is 14.0. The molecule has 1 aliphatic heterocycles. The van der Waals surface area contributed by atoms with Crippen molar-refractivity contribution < 1.29 is 18.3 Å². The van der Waals surface area contributed by atoms with E-state index in [2.05, 4.69) is 24.1 Å². The minimum absolute atomic E-state index is 0.0115. The Morgan fingerprint density at radius 3 is 2.67 bits per heavy atom. The van der Waals surface area contributed by atoms with Crippen LogP contribution < -0.4 is 15.8 Å². The monoisotopic (exact) mass is 492 g/mol. The minimum Gasteiger partial charge on any atom is -0.485 e. The molecule has 2 atom stereocenters. The molecule has 1 fully saturated rings. The summed E-state index contributed by atoms with van der Waals surface area (Å²) in [5.41, 5.74) is 6.50. The van der Waals surface area contributed by atoms with Gasteiger partial charge in [0.15, 0.2) is 11.6 Å². The van der Waals surface area contributed by atoms with Gasteiger partial charge in [0.2, 0.25) is 0 Å². The van der Waals surface area contributed by atoms with Crippen LogP contribution in [0, 0.1) is 11.6 Å². The Labute approximate surface area is 199 Å². The van der Waals surface area contributed by atoms with Crippen molar-refractivity contribution in [1.29, 1.82) is 0 Å². The van der Waals surface area contributed by atoms with Gasteiger partial charge in [-0.2, -0.15) is 0 Å². The molecule has 4 rings (SSSR count). The molecule has 174 valence electrons. The van der Waals surface area contributed by atoms with Gasteiger partial charge in [-0.25, -0.2) is 13.8 Å². The third kappa shape index (κ3) is 5.10. The van der Waals surface area contributed by atoms with Crippen molar-refractivity contribution >= 4 is 34.7 Å². The summed E-state index contributed by atoms with van der Waals surface area (Å²) in [6.45, 7) is 5.10. The van der Waals surface area contributed by atoms with Crippen LogP contribution in [0.2, 0.25) is 5.02 Å². The summed E-state index contributed by atoms with van der Waals surface area (Å²) in [5.74, 6) is -1.12. The summed E-state index contributed by atoms with van der Waals surface area (Å²) in [4.78, 5) is 20.4. The number of nitrogen functional groups attached to an aromatic ring is 1. The van der Waals surface area contributed by atoms with Crippen molar-refractivity contribution in [3.63, 3.8) is 0 Å². The number of pyridine rings is 1. The highest BCUT2D eigenvalue weighted by atomic mass is 35.5. The molecule has 3 N–H and O–H groups in total. The molecule has 0 spiro atoms. The van der Waals surface area contributed by atoms with E-state index in [1.54, 1.807) is 18.3 Å². The van der Waals surface area contributed by atoms with Gasteiger partial charge in [0.25, 0.3) is 5.91 Å². The quantitative estimate of drug-likeness (QED) is 0.503. The summed E-state index contributed by atoms with van der Waals surface area (Å²) < 4.78 is 33.3. The van der Waals surface area contributed by atoms with Crippen LogP contribution in [0.3, 0.4) is 0 Å². The second-order valence-electron chi connectivity index (χ2n) is 8.06. The van der Waals surface area contributed by atoms with Crippen LogP contribution >= 0.6 is 22.9 Å². The summed E-state index contributed by atoms with van der Waals surface area (Å²) >= 11 is 7.21. The molecule has 0 aliphatic carbocycles. The third-order valence-electron chi connectivity index (χ3n) is 5.34. The normalized spacial score (nSPS) is 18.4. The summed E-state index contributed by atoms with van der Waals surface area (Å²) in [5, 5.41) is 3.08. The number of nitrogens with one attached hydrogen (secondary N) is 1. The van der Waals surface area contributed by atoms with Crippen LogP contribution in [0.4, 0.5) is 14.6 Å². The van der Waals surface area contributed by atoms with Gasteiger partial charge in [-0.1, -0.05) is 11.6 Å². The van der Waals surface area contributed by atoms with Crippen molar-refractivity contribution in [1.82, 2.24) is 15.2 Å². The molecule has 1 amide bonds. The second kappa shape index (κ2) is 9.62. The molecule has 6 nitrogen and oxygen atoms in total. The van der Waals surface area contributed by atoms with Crippen molar-refractivity contribution in [2.24, 2.45) is 0 Å². The Kier molecular flexibility index (Phi) is 6.83. The average molecular weight is 493 g/mol. The molecule has 2 unspecified atom stereocenters. The maximum absolute atomic E-state index is 14.0. The number of piperazine rings is 1. The van der Waals surface area contributed by atoms with Crippen LogP contribution in [0.1, 0.15) is 29.1 Å². The smallest absolute Gasteiger partial charge is 0.264 e. The first-order valence-corrected chi connectivity index (χ1v) is 11.6. The third-order valence-corrected chi connectivity index (χ3v) is 6.87. The van der Waals surface area contributed by atoms with Crippen LogP contribution in [-0.4, -0.2) is 41.0 Å². The van der Waals surface area contributed by atoms with Gasteiger partial charge in [0.05, 0.1) is 9.90 Å². The molecule has 2 aromatic heterocycles. The standard InChI is InChI=1S/C23H23ClF2N4O2S/c1-12-9-30(10-13(2)29-12)23(31)20-6-5-19(33-20)14-7-18(22(27)28-8-14)32-11-15-16(25)3-4-17(26)21(15)24/h3-8,12-13,29H,9-11H2,1-2H3,(H2,27,28). The van der Waals surface area contributed by atoms with Gasteiger partial charge in [0.1, 0.15) is 18.2 Å². The van der Waals surface area contributed by atoms with Gasteiger partial charge >= 0.3 is 0 Å². The Balaban J connectivity index is 1.52. The van der Waals surface area contributed by atoms with Crippen molar-refractivity contribution in [2.45, 2.75) is 32.5 Å². The number of thiophene rings is 1. The van der Waals surface area contributed by atoms with E-state index >= 15 is 0 Å². The lowest BCUT2D eigenvalue weighted by atomic mass is 10.1. The van der Waals surface area contributed by atoms with Gasteiger partial charge in [-0.15, -0.1) is 11.3 Å². The first kappa shape index (κ1) is 23.4. The zero-order chi connectivity index (χ0) is 23.7. The molecule has 0 saturated carbocycles. The predicted octanol–water partition coefficient (Wildman–Crippen LogP) is 4.73. The molecule has 0 radical (unpaired) electrons. The van der Waals surface area contributed by atoms with E-state index in [-0.39, 0.29) is 46.8 Å². The Morgan fingerprint density at radius 2 is 1.94 bits per heavy atom. The SMILES string of the molecule is CC1CN(C(=O)c2ccc(-c3cnc(N)c(OCc4c(F)ccc(F)c4Cl)c3)s2)CC(C)N1. The van der Waals surface area contributed by atoms with Crippen molar-refractivity contribution in [3.05, 3.63) is 63.6 Å². The lowest BCUT2D eigenvalue weighted by Gasteiger charge is -2.35. The number of carbonyl (C=O) groups is 1. The first-order chi connectivity index (χ1) is 15.7. The van der Waals surface area contributed by atoms with E-state index in [0.717, 1.165) is 17.0 Å². The number of ether oxygens (including phenoxy) is 1. The van der Waals surface area contributed by atoms with E-state index in [1.807, 2.05) is 11.0 Å². The number of amides is 1. The highest BCUT2D eigenvalue weighted by Crippen LogP contribution is 2.33. The lowest BCUT2D eigenvalue weighted by Crippen LogP contribution is -2.55. The molecule has 3 aromatic rings. The van der Waals surface area contributed by atoms with E-state index in [4.69, 9.17) is 22.1 Å². The average Bonchev–Trinajstić information content (AvgIpc) is 3.26. The van der Waals surface area contributed by atoms with Crippen molar-refractivity contribution in [3.8, 4) is 16.2 Å². The number of benzene rings is 1. The number of halogens is 3. The predicted molar refractivity (Wildman–Crippen MR) is 126 cm³/mol. The van der Waals surface area contributed by atoms with E-state index in [0.29, 0.717) is 23.5 Å². The highest BCUT2D eigenvalue weighted by Gasteiger charge is 2.26. The fraction of sp³-hybridized carbons (Fsp3) is 0.304. The van der Waals surface area contributed by atoms with E-state index in [1.165, 1.54) is 11.3 Å². The molecule has 10 heteroatoms. The highest BCUT2D eigenvalue weighted by molar-refractivity contribution is 7.17. The Morgan fingerprint density at radius 1 is 1.24 bits per heavy atom. The number of nitrogens with two attached hydrogens (primary N) is 1. The van der Waals surface area contributed by atoms with Gasteiger partial charge in [-0.05, 0) is 44.2 Å². The number of rotatable bonds is 5. The lowest BCUT2D eigenvalue weighted by molar-refractivity contribution is 0.0678. The largest absolute Gasteiger partial charge is 0.485 e. The topological polar surface area (TPSA) is 80.5 Å². The summed E-state index contributed by atoms with van der Waals surface area (Å²) in [6, 6.07) is 7.69. The zero-order valence-electron chi connectivity index (χ0n) is 18.1. The minimum atomic E-state index is -0.736. The number of nitrogens with zero attached hydrogens (tertiary/aromatic N) is 2. The molecule has 3 heterocycles. The zero-order valence-corrected chi connectivity index (χ0v) is 19.6. The van der Waals surface area contributed by atoms with Gasteiger partial charge < -0.3 is 20.7 Å². The number of hydrogen-bond donors (Lipinski definition) is 2. The fourth-order valence-corrected chi connectivity index (χ4v) is 4.98. The number of anilines is 1. The van der Waals surface area contributed by atoms with Gasteiger partial charge in [0, 0.05) is 47.4 Å². The molecule has 1 aliphatic rings. The fourth-order valence-electron chi connectivity index (χ4n) is 3.81. The van der Waals surface area contributed by atoms with Crippen molar-refractivity contribution in [2.75, 3.05) is 18.8 Å². The molecule has 1 aromatic carbocycles. The van der Waals surface area contributed by atoms with Crippen LogP contribution in [0.5, 0.6) is 5.75 Å². The first-order valence-electron chi connectivity index (χ1n) is 10.4. The summed E-state index contributed by atoms with van der Waals surface area (Å²) in [7, 11) is 0. The van der Waals surface area contributed by atoms with Crippen LogP contribution in [0.15, 0.2) is 36.5 Å². The molecular weight excluding hydrogens is 470 g/mol. The molecule has 33 heavy (non-hydrogen) atoms. The molecular formula is C23H23ClF2N4O2S.